The Kier molecular flexibility index (Phi) is 5.55. The van der Waals surface area contributed by atoms with Crippen molar-refractivity contribution in [3.63, 3.8) is 0 Å². The average molecular weight is 349 g/mol. The van der Waals surface area contributed by atoms with E-state index < -0.39 is 0 Å². The third-order valence-corrected chi connectivity index (χ3v) is 4.76. The van der Waals surface area contributed by atoms with Crippen molar-refractivity contribution in [2.24, 2.45) is 0 Å². The molecule has 1 aliphatic heterocycles. The summed E-state index contributed by atoms with van der Waals surface area (Å²) >= 11 is 0. The summed E-state index contributed by atoms with van der Waals surface area (Å²) in [6.07, 6.45) is 5.54. The molecule has 1 atom stereocenters. The van der Waals surface area contributed by atoms with Crippen molar-refractivity contribution in [3.05, 3.63) is 53.8 Å². The number of hydrogen-bond acceptors (Lipinski definition) is 3. The lowest BCUT2D eigenvalue weighted by molar-refractivity contribution is -0.117. The molecule has 1 fully saturated rings. The van der Waals surface area contributed by atoms with Gasteiger partial charge in [-0.25, -0.2) is 0 Å². The Labute approximate surface area is 153 Å². The van der Waals surface area contributed by atoms with Crippen molar-refractivity contribution in [1.82, 2.24) is 9.88 Å². The van der Waals surface area contributed by atoms with Gasteiger partial charge in [0.1, 0.15) is 11.6 Å². The van der Waals surface area contributed by atoms with E-state index in [4.69, 9.17) is 4.74 Å². The van der Waals surface area contributed by atoms with Gasteiger partial charge >= 0.3 is 0 Å². The van der Waals surface area contributed by atoms with Crippen molar-refractivity contribution in [1.29, 1.82) is 5.26 Å². The molecular weight excluding hydrogens is 326 g/mol. The summed E-state index contributed by atoms with van der Waals surface area (Å²) in [5.41, 5.74) is 3.07. The van der Waals surface area contributed by atoms with Gasteiger partial charge in [0.2, 0.25) is 0 Å². The van der Waals surface area contributed by atoms with Crippen LogP contribution in [0.15, 0.2) is 42.5 Å². The Hall–Kier alpha value is -2.84. The predicted octanol–water partition coefficient (Wildman–Crippen LogP) is 3.34. The van der Waals surface area contributed by atoms with E-state index in [0.717, 1.165) is 41.6 Å². The summed E-state index contributed by atoms with van der Waals surface area (Å²) < 4.78 is 7.64. The Morgan fingerprint density at radius 3 is 3.00 bits per heavy atom. The fourth-order valence-electron chi connectivity index (χ4n) is 3.40. The fourth-order valence-corrected chi connectivity index (χ4v) is 3.40. The molecule has 1 aromatic carbocycles. The third-order valence-electron chi connectivity index (χ3n) is 4.76. The number of amides is 1. The molecule has 1 N–H and O–H groups in total. The van der Waals surface area contributed by atoms with Crippen LogP contribution in [-0.4, -0.2) is 29.7 Å². The first kappa shape index (κ1) is 18.0. The maximum atomic E-state index is 12.4. The minimum Gasteiger partial charge on any atom is -0.376 e. The molecule has 0 unspecified atom stereocenters. The van der Waals surface area contributed by atoms with Gasteiger partial charge in [-0.15, -0.1) is 6.58 Å². The molecule has 2 aromatic rings. The normalized spacial score (nSPS) is 17.2. The maximum absolute atomic E-state index is 12.4. The molecule has 0 saturated carbocycles. The molecule has 3 rings (SSSR count). The molecule has 5 heteroatoms. The number of fused-ring (bicyclic) bond motifs is 1. The Morgan fingerprint density at radius 2 is 2.31 bits per heavy atom. The molecule has 134 valence electrons. The molecule has 5 nitrogen and oxygen atoms in total. The molecule has 1 aromatic heterocycles. The van der Waals surface area contributed by atoms with E-state index in [1.165, 1.54) is 0 Å². The summed E-state index contributed by atoms with van der Waals surface area (Å²) in [6, 6.07) is 10.0. The highest BCUT2D eigenvalue weighted by molar-refractivity contribution is 6.04. The number of allylic oxidation sites excluding steroid dienone is 1. The van der Waals surface area contributed by atoms with E-state index in [1.54, 1.807) is 6.08 Å². The van der Waals surface area contributed by atoms with Gasteiger partial charge < -0.3 is 14.6 Å². The van der Waals surface area contributed by atoms with Gasteiger partial charge in [0, 0.05) is 41.9 Å². The standard InChI is InChI=1S/C21H23N3O2/c1-3-10-24-15(2)19(18-8-4-5-9-20(18)24)12-16(13-22)21(25)23-14-17-7-6-11-26-17/h3-5,8-9,12,17H,1,6-7,10-11,14H2,2H3,(H,23,25)/b16-12+/t17-/m0/s1. The predicted molar refractivity (Wildman–Crippen MR) is 102 cm³/mol. The second-order valence-corrected chi connectivity index (χ2v) is 6.43. The number of aromatic nitrogens is 1. The number of ether oxygens (including phenoxy) is 1. The molecule has 0 aliphatic carbocycles. The second kappa shape index (κ2) is 8.03. The molecule has 1 amide bonds. The number of benzene rings is 1. The maximum Gasteiger partial charge on any atom is 0.262 e. The Bertz CT molecular complexity index is 896. The summed E-state index contributed by atoms with van der Waals surface area (Å²) in [5, 5.41) is 13.3. The monoisotopic (exact) mass is 349 g/mol. The number of nitriles is 1. The van der Waals surface area contributed by atoms with Crippen LogP contribution in [0, 0.1) is 18.3 Å². The summed E-state index contributed by atoms with van der Waals surface area (Å²) in [6.45, 7) is 7.66. The second-order valence-electron chi connectivity index (χ2n) is 6.43. The van der Waals surface area contributed by atoms with Crippen molar-refractivity contribution in [2.45, 2.75) is 32.4 Å². The Balaban J connectivity index is 1.91. The van der Waals surface area contributed by atoms with Gasteiger partial charge in [-0.2, -0.15) is 5.26 Å². The van der Waals surface area contributed by atoms with Crippen LogP contribution in [0.3, 0.4) is 0 Å². The van der Waals surface area contributed by atoms with Crippen LogP contribution in [0.2, 0.25) is 0 Å². The van der Waals surface area contributed by atoms with Crippen molar-refractivity contribution in [2.75, 3.05) is 13.2 Å². The zero-order valence-corrected chi connectivity index (χ0v) is 15.0. The largest absolute Gasteiger partial charge is 0.376 e. The highest BCUT2D eigenvalue weighted by Crippen LogP contribution is 2.28. The summed E-state index contributed by atoms with van der Waals surface area (Å²) in [4.78, 5) is 12.4. The van der Waals surface area contributed by atoms with Gasteiger partial charge in [-0.1, -0.05) is 24.3 Å². The van der Waals surface area contributed by atoms with E-state index in [1.807, 2.05) is 43.3 Å². The van der Waals surface area contributed by atoms with Crippen LogP contribution in [-0.2, 0) is 16.1 Å². The number of nitrogens with zero attached hydrogens (tertiary/aromatic N) is 2. The first-order valence-corrected chi connectivity index (χ1v) is 8.86. The molecule has 1 saturated heterocycles. The van der Waals surface area contributed by atoms with E-state index in [-0.39, 0.29) is 17.6 Å². The summed E-state index contributed by atoms with van der Waals surface area (Å²) in [7, 11) is 0. The van der Waals surface area contributed by atoms with Crippen molar-refractivity contribution >= 4 is 22.9 Å². The highest BCUT2D eigenvalue weighted by Gasteiger charge is 2.19. The van der Waals surface area contributed by atoms with Crippen molar-refractivity contribution in [3.8, 4) is 6.07 Å². The van der Waals surface area contributed by atoms with Gasteiger partial charge in [0.25, 0.3) is 5.91 Å². The topological polar surface area (TPSA) is 67.0 Å². The summed E-state index contributed by atoms with van der Waals surface area (Å²) in [5.74, 6) is -0.358. The SMILES string of the molecule is C=CCn1c(C)c(/C=C(\C#N)C(=O)NC[C@@H]2CCCO2)c2ccccc21. The number of carbonyl (C=O) groups excluding carboxylic acids is 1. The lowest BCUT2D eigenvalue weighted by Gasteiger charge is -2.10. The number of para-hydroxylation sites is 1. The molecule has 2 heterocycles. The van der Waals surface area contributed by atoms with Crippen LogP contribution < -0.4 is 5.32 Å². The minimum absolute atomic E-state index is 0.0510. The lowest BCUT2D eigenvalue weighted by atomic mass is 10.1. The first-order chi connectivity index (χ1) is 12.7. The van der Waals surface area contributed by atoms with Gasteiger partial charge in [0.15, 0.2) is 0 Å². The zero-order valence-electron chi connectivity index (χ0n) is 15.0. The van der Waals surface area contributed by atoms with Crippen molar-refractivity contribution < 1.29 is 9.53 Å². The van der Waals surface area contributed by atoms with Crippen LogP contribution in [0.4, 0.5) is 0 Å². The van der Waals surface area contributed by atoms with Crippen LogP contribution in [0.1, 0.15) is 24.1 Å². The first-order valence-electron chi connectivity index (χ1n) is 8.86. The average Bonchev–Trinajstić information content (AvgIpc) is 3.26. The minimum atomic E-state index is -0.358. The van der Waals surface area contributed by atoms with Gasteiger partial charge in [-0.05, 0) is 31.9 Å². The fraction of sp³-hybridized carbons (Fsp3) is 0.333. The van der Waals surface area contributed by atoms with E-state index >= 15 is 0 Å². The quantitative estimate of drug-likeness (QED) is 0.494. The van der Waals surface area contributed by atoms with E-state index in [0.29, 0.717) is 13.1 Å². The number of rotatable bonds is 6. The van der Waals surface area contributed by atoms with Crippen LogP contribution >= 0.6 is 0 Å². The third kappa shape index (κ3) is 3.56. The number of carbonyl (C=O) groups is 1. The van der Waals surface area contributed by atoms with E-state index in [9.17, 15) is 10.1 Å². The highest BCUT2D eigenvalue weighted by atomic mass is 16.5. The molecule has 26 heavy (non-hydrogen) atoms. The Morgan fingerprint density at radius 1 is 1.50 bits per heavy atom. The van der Waals surface area contributed by atoms with Crippen LogP contribution in [0.5, 0.6) is 0 Å². The van der Waals surface area contributed by atoms with Crippen LogP contribution in [0.25, 0.3) is 17.0 Å². The molecule has 1 aliphatic rings. The molecule has 0 spiro atoms. The van der Waals surface area contributed by atoms with Gasteiger partial charge in [0.05, 0.1) is 6.10 Å². The smallest absolute Gasteiger partial charge is 0.262 e. The van der Waals surface area contributed by atoms with Gasteiger partial charge in [-0.3, -0.25) is 4.79 Å². The number of nitrogens with one attached hydrogen (secondary N) is 1. The number of hydrogen-bond donors (Lipinski definition) is 1. The zero-order chi connectivity index (χ0) is 18.5. The van der Waals surface area contributed by atoms with E-state index in [2.05, 4.69) is 16.5 Å². The lowest BCUT2D eigenvalue weighted by Crippen LogP contribution is -2.32. The molecule has 0 radical (unpaired) electrons. The molecular formula is C21H23N3O2. The molecule has 0 bridgehead atoms.